The van der Waals surface area contributed by atoms with Crippen molar-refractivity contribution in [1.29, 1.82) is 0 Å². The quantitative estimate of drug-likeness (QED) is 0.782. The number of hydrogen-bond acceptors (Lipinski definition) is 4. The summed E-state index contributed by atoms with van der Waals surface area (Å²) in [6.45, 7) is 0.600. The minimum Gasteiger partial charge on any atom is -0.507 e. The van der Waals surface area contributed by atoms with Gasteiger partial charge in [0.2, 0.25) is 0 Å². The van der Waals surface area contributed by atoms with Crippen molar-refractivity contribution in [2.45, 2.75) is 31.7 Å². The molecule has 0 spiro atoms. The molecule has 0 aliphatic heterocycles. The zero-order chi connectivity index (χ0) is 14.5. The van der Waals surface area contributed by atoms with Crippen LogP contribution >= 0.6 is 0 Å². The van der Waals surface area contributed by atoms with E-state index < -0.39 is 0 Å². The van der Waals surface area contributed by atoms with Gasteiger partial charge in [0, 0.05) is 12.6 Å². The number of phenolic OH excluding ortho intramolecular Hbond substituents is 1. The number of benzene rings is 1. The highest BCUT2D eigenvalue weighted by Gasteiger charge is 2.20. The summed E-state index contributed by atoms with van der Waals surface area (Å²) < 4.78 is 5.06. The molecule has 1 aliphatic rings. The predicted molar refractivity (Wildman–Crippen MR) is 76.9 cm³/mol. The van der Waals surface area contributed by atoms with Gasteiger partial charge in [-0.15, -0.1) is 0 Å². The van der Waals surface area contributed by atoms with Gasteiger partial charge in [-0.05, 0) is 43.4 Å². The van der Waals surface area contributed by atoms with Crippen molar-refractivity contribution in [3.63, 3.8) is 0 Å². The van der Waals surface area contributed by atoms with E-state index in [2.05, 4.69) is 5.32 Å². The molecule has 1 aromatic carbocycles. The largest absolute Gasteiger partial charge is 0.507 e. The molecule has 1 amide bonds. The monoisotopic (exact) mass is 278 g/mol. The second-order valence-corrected chi connectivity index (χ2v) is 5.39. The van der Waals surface area contributed by atoms with Crippen LogP contribution in [0.1, 0.15) is 36.0 Å². The molecule has 110 valence electrons. The van der Waals surface area contributed by atoms with E-state index in [1.54, 1.807) is 6.07 Å². The van der Waals surface area contributed by atoms with Gasteiger partial charge in [-0.1, -0.05) is 6.42 Å². The van der Waals surface area contributed by atoms with Crippen molar-refractivity contribution in [3.8, 4) is 11.5 Å². The molecule has 0 aromatic heterocycles. The first-order valence-corrected chi connectivity index (χ1v) is 7.01. The van der Waals surface area contributed by atoms with E-state index in [1.807, 2.05) is 0 Å². The summed E-state index contributed by atoms with van der Waals surface area (Å²) >= 11 is 0. The molecule has 1 fully saturated rings. The molecule has 1 saturated carbocycles. The summed E-state index contributed by atoms with van der Waals surface area (Å²) in [4.78, 5) is 12.1. The number of aromatic hydroxyl groups is 1. The summed E-state index contributed by atoms with van der Waals surface area (Å²) in [6.07, 6.45) is 4.23. The van der Waals surface area contributed by atoms with E-state index in [0.717, 1.165) is 25.7 Å². The van der Waals surface area contributed by atoms with Gasteiger partial charge >= 0.3 is 0 Å². The Kier molecular flexibility index (Phi) is 4.84. The maximum atomic E-state index is 12.1. The molecule has 5 nitrogen and oxygen atoms in total. The SMILES string of the molecule is COc1ccc(O)c(C(=O)NCC2CCCC(N)C2)c1. The van der Waals surface area contributed by atoms with Gasteiger partial charge < -0.3 is 20.9 Å². The number of carbonyl (C=O) groups is 1. The first-order valence-electron chi connectivity index (χ1n) is 7.01. The third-order valence-corrected chi connectivity index (χ3v) is 3.82. The van der Waals surface area contributed by atoms with Gasteiger partial charge in [0.25, 0.3) is 5.91 Å². The number of ether oxygens (including phenoxy) is 1. The summed E-state index contributed by atoms with van der Waals surface area (Å²) in [6, 6.07) is 4.87. The second kappa shape index (κ2) is 6.61. The average Bonchev–Trinajstić information content (AvgIpc) is 2.45. The Bertz CT molecular complexity index is 476. The van der Waals surface area contributed by atoms with Crippen molar-refractivity contribution in [1.82, 2.24) is 5.32 Å². The summed E-state index contributed by atoms with van der Waals surface area (Å²) in [5, 5.41) is 12.6. The number of hydrogen-bond donors (Lipinski definition) is 3. The zero-order valence-electron chi connectivity index (χ0n) is 11.8. The van der Waals surface area contributed by atoms with Gasteiger partial charge in [-0.3, -0.25) is 4.79 Å². The van der Waals surface area contributed by atoms with Crippen LogP contribution in [0.2, 0.25) is 0 Å². The second-order valence-electron chi connectivity index (χ2n) is 5.39. The third kappa shape index (κ3) is 3.63. The van der Waals surface area contributed by atoms with E-state index in [0.29, 0.717) is 18.2 Å². The Morgan fingerprint density at radius 2 is 2.30 bits per heavy atom. The van der Waals surface area contributed by atoms with E-state index in [-0.39, 0.29) is 23.3 Å². The number of nitrogens with one attached hydrogen (secondary N) is 1. The van der Waals surface area contributed by atoms with Crippen molar-refractivity contribution < 1.29 is 14.6 Å². The van der Waals surface area contributed by atoms with E-state index in [9.17, 15) is 9.90 Å². The molecule has 0 heterocycles. The maximum Gasteiger partial charge on any atom is 0.255 e. The Labute approximate surface area is 119 Å². The van der Waals surface area contributed by atoms with Gasteiger partial charge in [0.1, 0.15) is 11.5 Å². The highest BCUT2D eigenvalue weighted by atomic mass is 16.5. The predicted octanol–water partition coefficient (Wildman–Crippen LogP) is 1.65. The van der Waals surface area contributed by atoms with Crippen LogP contribution in [0.4, 0.5) is 0 Å². The molecule has 1 aliphatic carbocycles. The summed E-state index contributed by atoms with van der Waals surface area (Å²) in [7, 11) is 1.53. The van der Waals surface area contributed by atoms with Crippen LogP contribution in [0.3, 0.4) is 0 Å². The van der Waals surface area contributed by atoms with Gasteiger partial charge in [-0.25, -0.2) is 0 Å². The summed E-state index contributed by atoms with van der Waals surface area (Å²) in [5.41, 5.74) is 6.18. The van der Waals surface area contributed by atoms with Crippen molar-refractivity contribution in [2.75, 3.05) is 13.7 Å². The fraction of sp³-hybridized carbons (Fsp3) is 0.533. The number of amides is 1. The van der Waals surface area contributed by atoms with E-state index >= 15 is 0 Å². The minimum absolute atomic E-state index is 0.0383. The molecule has 5 heteroatoms. The molecule has 0 saturated heterocycles. The fourth-order valence-electron chi connectivity index (χ4n) is 2.67. The van der Waals surface area contributed by atoms with Crippen molar-refractivity contribution in [2.24, 2.45) is 11.7 Å². The van der Waals surface area contributed by atoms with Crippen LogP contribution in [-0.2, 0) is 0 Å². The Morgan fingerprint density at radius 1 is 1.50 bits per heavy atom. The number of rotatable bonds is 4. The average molecular weight is 278 g/mol. The first kappa shape index (κ1) is 14.7. The Balaban J connectivity index is 1.94. The lowest BCUT2D eigenvalue weighted by Gasteiger charge is -2.26. The van der Waals surface area contributed by atoms with E-state index in [4.69, 9.17) is 10.5 Å². The van der Waals surface area contributed by atoms with Crippen molar-refractivity contribution >= 4 is 5.91 Å². The first-order chi connectivity index (χ1) is 9.60. The summed E-state index contributed by atoms with van der Waals surface area (Å²) in [5.74, 6) is 0.660. The Hall–Kier alpha value is -1.75. The number of nitrogens with two attached hydrogens (primary N) is 1. The number of methoxy groups -OCH3 is 1. The van der Waals surface area contributed by atoms with Crippen LogP contribution in [0.5, 0.6) is 11.5 Å². The topological polar surface area (TPSA) is 84.6 Å². The number of carbonyl (C=O) groups excluding carboxylic acids is 1. The van der Waals surface area contributed by atoms with Crippen LogP contribution in [0, 0.1) is 5.92 Å². The highest BCUT2D eigenvalue weighted by molar-refractivity contribution is 5.97. The molecule has 2 rings (SSSR count). The van der Waals surface area contributed by atoms with Gasteiger partial charge in [0.05, 0.1) is 12.7 Å². The molecule has 4 N–H and O–H groups in total. The van der Waals surface area contributed by atoms with Crippen LogP contribution < -0.4 is 15.8 Å². The molecular formula is C15H22N2O3. The molecule has 2 unspecified atom stereocenters. The van der Waals surface area contributed by atoms with Crippen LogP contribution in [0.15, 0.2) is 18.2 Å². The third-order valence-electron chi connectivity index (χ3n) is 3.82. The Morgan fingerprint density at radius 3 is 3.00 bits per heavy atom. The molecule has 1 aromatic rings. The van der Waals surface area contributed by atoms with Gasteiger partial charge in [0.15, 0.2) is 0 Å². The lowest BCUT2D eigenvalue weighted by Crippen LogP contribution is -2.35. The minimum atomic E-state index is -0.277. The van der Waals surface area contributed by atoms with Crippen LogP contribution in [0.25, 0.3) is 0 Å². The molecule has 2 atom stereocenters. The van der Waals surface area contributed by atoms with Crippen molar-refractivity contribution in [3.05, 3.63) is 23.8 Å². The zero-order valence-corrected chi connectivity index (χ0v) is 11.8. The number of phenols is 1. The fourth-order valence-corrected chi connectivity index (χ4v) is 2.67. The molecule has 0 bridgehead atoms. The maximum absolute atomic E-state index is 12.1. The lowest BCUT2D eigenvalue weighted by atomic mass is 9.86. The van der Waals surface area contributed by atoms with Gasteiger partial charge in [-0.2, -0.15) is 0 Å². The molecule has 0 radical (unpaired) electrons. The smallest absolute Gasteiger partial charge is 0.255 e. The molecule has 20 heavy (non-hydrogen) atoms. The highest BCUT2D eigenvalue weighted by Crippen LogP contribution is 2.24. The van der Waals surface area contributed by atoms with Crippen LogP contribution in [-0.4, -0.2) is 30.7 Å². The normalized spacial score (nSPS) is 22.3. The van der Waals surface area contributed by atoms with E-state index in [1.165, 1.54) is 19.2 Å². The molecular weight excluding hydrogens is 256 g/mol. The standard InChI is InChI=1S/C15H22N2O3/c1-20-12-5-6-14(18)13(8-12)15(19)17-9-10-3-2-4-11(16)7-10/h5-6,8,10-11,18H,2-4,7,9,16H2,1H3,(H,17,19). The lowest BCUT2D eigenvalue weighted by molar-refractivity contribution is 0.0939.